The van der Waals surface area contributed by atoms with Crippen molar-refractivity contribution in [2.75, 3.05) is 0 Å². The molecule has 0 aromatic rings. The first kappa shape index (κ1) is 9.52. The zero-order valence-electron chi connectivity index (χ0n) is 4.94. The van der Waals surface area contributed by atoms with E-state index in [2.05, 4.69) is 13.5 Å². The highest BCUT2D eigenvalue weighted by Gasteiger charge is 1.45. The third-order valence-electron chi connectivity index (χ3n) is 0.289. The topological polar surface area (TPSA) is 23.8 Å². The maximum atomic E-state index is 7.32. The molecule has 0 atom stereocenters. The molecule has 0 saturated carbocycles. The molecule has 0 heterocycles. The minimum Gasteiger partial charge on any atom is -0.199 e. The van der Waals surface area contributed by atoms with Crippen molar-refractivity contribution in [2.45, 2.75) is 20.3 Å². The van der Waals surface area contributed by atoms with Crippen LogP contribution >= 0.6 is 0 Å². The Bertz CT molecular complexity index is 59.1. The second-order valence-corrected chi connectivity index (χ2v) is 0.921. The quantitative estimate of drug-likeness (QED) is 0.460. The van der Waals surface area contributed by atoms with Crippen molar-refractivity contribution in [1.29, 1.82) is 5.26 Å². The molecule has 0 saturated heterocycles. The van der Waals surface area contributed by atoms with E-state index < -0.39 is 0 Å². The van der Waals surface area contributed by atoms with Crippen LogP contribution in [-0.2, 0) is 0 Å². The molecule has 1 nitrogen and oxygen atoms in total. The molecular weight excluding hydrogens is 86.1 g/mol. The first-order chi connectivity index (χ1) is 3.33. The van der Waals surface area contributed by atoms with Crippen LogP contribution in [-0.4, -0.2) is 0 Å². The summed E-state index contributed by atoms with van der Waals surface area (Å²) < 4.78 is 0. The van der Waals surface area contributed by atoms with Crippen molar-refractivity contribution in [1.82, 2.24) is 0 Å². The largest absolute Gasteiger partial charge is 0.199 e. The van der Waals surface area contributed by atoms with Gasteiger partial charge in [-0.15, -0.1) is 6.58 Å². The van der Waals surface area contributed by atoms with E-state index in [1.807, 2.05) is 6.08 Å². The number of nitriles is 1. The Hall–Kier alpha value is -0.770. The van der Waals surface area contributed by atoms with Crippen molar-refractivity contribution >= 4 is 0 Å². The summed E-state index contributed by atoms with van der Waals surface area (Å²) in [5, 5.41) is 7.32. The normalized spacial score (nSPS) is 4.71. The molecule has 0 bridgehead atoms. The molecule has 0 radical (unpaired) electrons. The van der Waals surface area contributed by atoms with Crippen molar-refractivity contribution in [3.63, 3.8) is 0 Å². The fourth-order valence-corrected chi connectivity index (χ4v) is 0. The highest BCUT2D eigenvalue weighted by atomic mass is 14.2. The summed E-state index contributed by atoms with van der Waals surface area (Å²) in [4.78, 5) is 0. The average molecular weight is 97.2 g/mol. The van der Waals surface area contributed by atoms with E-state index in [0.29, 0.717) is 0 Å². The molecule has 0 aliphatic carbocycles. The van der Waals surface area contributed by atoms with Gasteiger partial charge >= 0.3 is 0 Å². The molecule has 0 unspecified atom stereocenters. The maximum absolute atomic E-state index is 7.32. The number of hydrogen-bond donors (Lipinski definition) is 0. The second kappa shape index (κ2) is 18.8. The highest BCUT2D eigenvalue weighted by molar-refractivity contribution is 4.60. The van der Waals surface area contributed by atoms with E-state index in [9.17, 15) is 0 Å². The van der Waals surface area contributed by atoms with Crippen LogP contribution in [0.5, 0.6) is 0 Å². The molecule has 0 fully saturated rings. The number of hydrogen-bond acceptors (Lipinski definition) is 1. The van der Waals surface area contributed by atoms with E-state index in [4.69, 9.17) is 5.26 Å². The lowest BCUT2D eigenvalue weighted by atomic mass is 10.5. The van der Waals surface area contributed by atoms with Crippen molar-refractivity contribution in [3.8, 4) is 6.07 Å². The Balaban J connectivity index is 0. The molecule has 7 heavy (non-hydrogen) atoms. The summed E-state index contributed by atoms with van der Waals surface area (Å²) in [6.07, 6.45) is 2.96. The zero-order valence-corrected chi connectivity index (χ0v) is 4.94. The van der Waals surface area contributed by atoms with Crippen LogP contribution in [0.2, 0.25) is 0 Å². The van der Waals surface area contributed by atoms with Gasteiger partial charge in [-0.3, -0.25) is 0 Å². The second-order valence-electron chi connectivity index (χ2n) is 0.921. The summed E-state index contributed by atoms with van der Waals surface area (Å²) in [6, 6.07) is 1.75. The lowest BCUT2D eigenvalue weighted by Gasteiger charge is -1.57. The standard InChI is InChI=1S/C4H8.C2H3N/c1-3-4-2;1-2-3/h3H,1,4H2,2H3;1H3. The Morgan fingerprint density at radius 1 is 1.86 bits per heavy atom. The molecule has 0 amide bonds. The van der Waals surface area contributed by atoms with Gasteiger partial charge in [0.15, 0.2) is 0 Å². The number of nitrogens with zero attached hydrogens (tertiary/aromatic N) is 1. The Morgan fingerprint density at radius 2 is 2.00 bits per heavy atom. The van der Waals surface area contributed by atoms with Gasteiger partial charge in [-0.2, -0.15) is 5.26 Å². The van der Waals surface area contributed by atoms with Gasteiger partial charge in [0.2, 0.25) is 0 Å². The maximum Gasteiger partial charge on any atom is 0.0587 e. The van der Waals surface area contributed by atoms with Gasteiger partial charge in [-0.05, 0) is 6.42 Å². The van der Waals surface area contributed by atoms with E-state index in [-0.39, 0.29) is 0 Å². The fraction of sp³-hybridized carbons (Fsp3) is 0.500. The summed E-state index contributed by atoms with van der Waals surface area (Å²) in [5.41, 5.74) is 0. The lowest BCUT2D eigenvalue weighted by Crippen LogP contribution is -1.36. The van der Waals surface area contributed by atoms with E-state index in [0.717, 1.165) is 6.42 Å². The van der Waals surface area contributed by atoms with Crippen LogP contribution in [0.3, 0.4) is 0 Å². The molecule has 0 aliphatic rings. The lowest BCUT2D eigenvalue weighted by molar-refractivity contribution is 1.23. The molecule has 0 aromatic heterocycles. The summed E-state index contributed by atoms with van der Waals surface area (Å²) in [7, 11) is 0. The minimum absolute atomic E-state index is 1.08. The number of rotatable bonds is 1. The summed E-state index contributed by atoms with van der Waals surface area (Å²) in [6.45, 7) is 6.97. The van der Waals surface area contributed by atoms with Crippen molar-refractivity contribution in [2.24, 2.45) is 0 Å². The van der Waals surface area contributed by atoms with Gasteiger partial charge in [0, 0.05) is 6.92 Å². The van der Waals surface area contributed by atoms with Crippen LogP contribution in [0.4, 0.5) is 0 Å². The monoisotopic (exact) mass is 97.1 g/mol. The van der Waals surface area contributed by atoms with Crippen LogP contribution in [0.15, 0.2) is 12.7 Å². The van der Waals surface area contributed by atoms with Crippen LogP contribution < -0.4 is 0 Å². The molecule has 0 aliphatic heterocycles. The smallest absolute Gasteiger partial charge is 0.0587 e. The van der Waals surface area contributed by atoms with Crippen LogP contribution in [0, 0.1) is 11.3 Å². The predicted octanol–water partition coefficient (Wildman–Crippen LogP) is 2.11. The van der Waals surface area contributed by atoms with Gasteiger partial charge < -0.3 is 0 Å². The number of allylic oxidation sites excluding steroid dienone is 1. The molecule has 0 N–H and O–H groups in total. The molecule has 40 valence electrons. The van der Waals surface area contributed by atoms with E-state index in [1.54, 1.807) is 6.07 Å². The zero-order chi connectivity index (χ0) is 6.12. The Labute approximate surface area is 45.3 Å². The summed E-state index contributed by atoms with van der Waals surface area (Å²) >= 11 is 0. The average Bonchev–Trinajstić information content (AvgIpc) is 1.69. The Morgan fingerprint density at radius 3 is 2.00 bits per heavy atom. The van der Waals surface area contributed by atoms with E-state index in [1.165, 1.54) is 6.92 Å². The van der Waals surface area contributed by atoms with Gasteiger partial charge in [0.1, 0.15) is 0 Å². The predicted molar refractivity (Wildman–Crippen MR) is 31.8 cm³/mol. The minimum atomic E-state index is 1.08. The first-order valence-corrected chi connectivity index (χ1v) is 2.25. The third kappa shape index (κ3) is 1030. The Kier molecular flexibility index (Phi) is 25.6. The molecule has 0 rings (SSSR count). The van der Waals surface area contributed by atoms with E-state index >= 15 is 0 Å². The van der Waals surface area contributed by atoms with Gasteiger partial charge in [-0.25, -0.2) is 0 Å². The van der Waals surface area contributed by atoms with Gasteiger partial charge in [-0.1, -0.05) is 13.0 Å². The van der Waals surface area contributed by atoms with Crippen molar-refractivity contribution < 1.29 is 0 Å². The molecule has 1 heteroatoms. The molecule has 0 spiro atoms. The fourth-order valence-electron chi connectivity index (χ4n) is 0. The molecular formula is C6H11N. The SMILES string of the molecule is C=CCC.CC#N. The molecule has 0 aromatic carbocycles. The summed E-state index contributed by atoms with van der Waals surface area (Å²) in [5.74, 6) is 0. The van der Waals surface area contributed by atoms with Crippen molar-refractivity contribution in [3.05, 3.63) is 12.7 Å². The highest BCUT2D eigenvalue weighted by Crippen LogP contribution is 1.66. The van der Waals surface area contributed by atoms with Crippen LogP contribution in [0.25, 0.3) is 0 Å². The first-order valence-electron chi connectivity index (χ1n) is 2.25. The van der Waals surface area contributed by atoms with Crippen LogP contribution in [0.1, 0.15) is 20.3 Å². The van der Waals surface area contributed by atoms with Gasteiger partial charge in [0.05, 0.1) is 6.07 Å². The third-order valence-corrected chi connectivity index (χ3v) is 0.289. The van der Waals surface area contributed by atoms with Gasteiger partial charge in [0.25, 0.3) is 0 Å².